The van der Waals surface area contributed by atoms with E-state index >= 15 is 0 Å². The molecule has 110 valence electrons. The molecule has 0 spiro atoms. The van der Waals surface area contributed by atoms with Gasteiger partial charge in [0.2, 0.25) is 0 Å². The van der Waals surface area contributed by atoms with Crippen LogP contribution in [0.25, 0.3) is 10.9 Å². The van der Waals surface area contributed by atoms with Crippen LogP contribution in [0.3, 0.4) is 0 Å². The van der Waals surface area contributed by atoms with Gasteiger partial charge in [0.15, 0.2) is 5.60 Å². The Labute approximate surface area is 139 Å². The van der Waals surface area contributed by atoms with Crippen LogP contribution in [0.2, 0.25) is 5.02 Å². The number of aliphatic hydroxyl groups is 1. The van der Waals surface area contributed by atoms with Crippen molar-refractivity contribution < 1.29 is 9.90 Å². The van der Waals surface area contributed by atoms with E-state index in [4.69, 9.17) is 11.6 Å². The smallest absolute Gasteiger partial charge is 0.265 e. The van der Waals surface area contributed by atoms with E-state index < -0.39 is 11.5 Å². The van der Waals surface area contributed by atoms with E-state index in [1.165, 1.54) is 0 Å². The highest BCUT2D eigenvalue weighted by Crippen LogP contribution is 2.44. The Bertz CT molecular complexity index is 937. The second-order valence-electron chi connectivity index (χ2n) is 5.25. The van der Waals surface area contributed by atoms with E-state index in [-0.39, 0.29) is 0 Å². The highest BCUT2D eigenvalue weighted by atomic mass is 79.9. The number of nitrogens with one attached hydrogen (secondary N) is 2. The average molecular weight is 378 g/mol. The molecule has 0 fully saturated rings. The van der Waals surface area contributed by atoms with Gasteiger partial charge in [-0.2, -0.15) is 0 Å². The number of amides is 1. The predicted molar refractivity (Wildman–Crippen MR) is 89.1 cm³/mol. The zero-order valence-corrected chi connectivity index (χ0v) is 13.5. The van der Waals surface area contributed by atoms with Crippen molar-refractivity contribution in [2.75, 3.05) is 5.32 Å². The van der Waals surface area contributed by atoms with E-state index in [1.54, 1.807) is 24.4 Å². The van der Waals surface area contributed by atoms with Gasteiger partial charge in [-0.15, -0.1) is 0 Å². The molecule has 1 unspecified atom stereocenters. The average Bonchev–Trinajstić information content (AvgIpc) is 3.00. The van der Waals surface area contributed by atoms with Gasteiger partial charge in [-0.25, -0.2) is 0 Å². The van der Waals surface area contributed by atoms with Crippen LogP contribution in [0, 0.1) is 0 Å². The molecule has 0 saturated carbocycles. The van der Waals surface area contributed by atoms with Gasteiger partial charge in [0.05, 0.1) is 0 Å². The normalized spacial score (nSPS) is 20.2. The lowest BCUT2D eigenvalue weighted by atomic mass is 9.87. The van der Waals surface area contributed by atoms with Crippen molar-refractivity contribution in [2.24, 2.45) is 0 Å². The number of rotatable bonds is 1. The Morgan fingerprint density at radius 3 is 2.77 bits per heavy atom. The Balaban J connectivity index is 2.03. The predicted octanol–water partition coefficient (Wildman–Crippen LogP) is 3.77. The molecule has 0 bridgehead atoms. The van der Waals surface area contributed by atoms with Crippen LogP contribution in [0.4, 0.5) is 5.69 Å². The van der Waals surface area contributed by atoms with E-state index in [0.717, 1.165) is 15.4 Å². The standard InChI is InChI=1S/C16H10BrClN2O2/c17-8-1-3-13-10(5-8)12(7-19-13)16(22)11-6-9(18)2-4-14(11)20-15(16)21/h1-7,19,22H,(H,20,21). The Morgan fingerprint density at radius 2 is 1.95 bits per heavy atom. The fourth-order valence-electron chi connectivity index (χ4n) is 2.92. The van der Waals surface area contributed by atoms with Crippen molar-refractivity contribution >= 4 is 50.0 Å². The molecule has 6 heteroatoms. The number of fused-ring (bicyclic) bond motifs is 2. The number of halogens is 2. The minimum Gasteiger partial charge on any atom is -0.372 e. The van der Waals surface area contributed by atoms with E-state index in [9.17, 15) is 9.90 Å². The Hall–Kier alpha value is -1.82. The number of benzene rings is 2. The lowest BCUT2D eigenvalue weighted by molar-refractivity contribution is -0.129. The number of aromatic amines is 1. The van der Waals surface area contributed by atoms with Crippen LogP contribution in [-0.2, 0) is 10.4 Å². The SMILES string of the molecule is O=C1Nc2ccc(Cl)cc2C1(O)c1c[nH]c2ccc(Br)cc12. The molecule has 4 rings (SSSR count). The molecule has 4 nitrogen and oxygen atoms in total. The van der Waals surface area contributed by atoms with Crippen LogP contribution in [0.15, 0.2) is 47.1 Å². The molecule has 1 atom stereocenters. The maximum Gasteiger partial charge on any atom is 0.265 e. The minimum absolute atomic E-state index is 0.464. The Morgan fingerprint density at radius 1 is 1.14 bits per heavy atom. The molecule has 1 aromatic heterocycles. The lowest BCUT2D eigenvalue weighted by Gasteiger charge is -2.20. The summed E-state index contributed by atoms with van der Waals surface area (Å²) in [5.74, 6) is -0.481. The van der Waals surface area contributed by atoms with Crippen LogP contribution in [-0.4, -0.2) is 16.0 Å². The molecule has 2 aromatic carbocycles. The molecule has 1 amide bonds. The van der Waals surface area contributed by atoms with Gasteiger partial charge in [0.25, 0.3) is 5.91 Å². The van der Waals surface area contributed by atoms with Crippen LogP contribution in [0.5, 0.6) is 0 Å². The summed E-state index contributed by atoms with van der Waals surface area (Å²) in [4.78, 5) is 15.6. The molecule has 0 radical (unpaired) electrons. The van der Waals surface area contributed by atoms with Gasteiger partial charge in [-0.1, -0.05) is 27.5 Å². The van der Waals surface area contributed by atoms with Gasteiger partial charge in [-0.05, 0) is 36.4 Å². The molecule has 1 aliphatic rings. The first-order chi connectivity index (χ1) is 10.5. The molecule has 22 heavy (non-hydrogen) atoms. The second-order valence-corrected chi connectivity index (χ2v) is 6.60. The number of hydrogen-bond acceptors (Lipinski definition) is 2. The fourth-order valence-corrected chi connectivity index (χ4v) is 3.45. The molecule has 3 aromatic rings. The van der Waals surface area contributed by atoms with Gasteiger partial charge >= 0.3 is 0 Å². The molecular formula is C16H10BrClN2O2. The zero-order valence-electron chi connectivity index (χ0n) is 11.2. The molecule has 2 heterocycles. The quantitative estimate of drug-likeness (QED) is 0.604. The topological polar surface area (TPSA) is 65.1 Å². The number of aromatic nitrogens is 1. The number of anilines is 1. The zero-order chi connectivity index (χ0) is 15.5. The monoisotopic (exact) mass is 376 g/mol. The van der Waals surface area contributed by atoms with E-state index in [2.05, 4.69) is 26.2 Å². The van der Waals surface area contributed by atoms with Crippen molar-refractivity contribution in [1.82, 2.24) is 4.98 Å². The van der Waals surface area contributed by atoms with Crippen molar-refractivity contribution in [3.63, 3.8) is 0 Å². The third-order valence-electron chi connectivity index (χ3n) is 3.98. The maximum absolute atomic E-state index is 12.5. The molecular weight excluding hydrogens is 368 g/mol. The third-order valence-corrected chi connectivity index (χ3v) is 4.71. The summed E-state index contributed by atoms with van der Waals surface area (Å²) in [5, 5.41) is 15.1. The summed E-state index contributed by atoms with van der Waals surface area (Å²) in [5.41, 5.74) is 0.614. The third kappa shape index (κ3) is 1.76. The highest BCUT2D eigenvalue weighted by Gasteiger charge is 2.48. The first-order valence-electron chi connectivity index (χ1n) is 6.61. The van der Waals surface area contributed by atoms with Gasteiger partial charge in [0, 0.05) is 43.4 Å². The first kappa shape index (κ1) is 13.8. The summed E-state index contributed by atoms with van der Waals surface area (Å²) in [6.45, 7) is 0. The van der Waals surface area contributed by atoms with Crippen LogP contribution >= 0.6 is 27.5 Å². The summed E-state index contributed by atoms with van der Waals surface area (Å²) in [7, 11) is 0. The maximum atomic E-state index is 12.5. The fraction of sp³-hybridized carbons (Fsp3) is 0.0625. The number of carbonyl (C=O) groups excluding carboxylic acids is 1. The number of H-pyrrole nitrogens is 1. The van der Waals surface area contributed by atoms with Gasteiger partial charge in [0.1, 0.15) is 0 Å². The molecule has 3 N–H and O–H groups in total. The molecule has 0 aliphatic carbocycles. The lowest BCUT2D eigenvalue weighted by Crippen LogP contribution is -2.35. The molecule has 1 aliphatic heterocycles. The number of hydrogen-bond donors (Lipinski definition) is 3. The Kier molecular flexibility index (Phi) is 2.88. The highest BCUT2D eigenvalue weighted by molar-refractivity contribution is 9.10. The van der Waals surface area contributed by atoms with Crippen LogP contribution < -0.4 is 5.32 Å². The van der Waals surface area contributed by atoms with E-state index in [0.29, 0.717) is 21.8 Å². The van der Waals surface area contributed by atoms with Crippen molar-refractivity contribution in [3.05, 3.63) is 63.2 Å². The van der Waals surface area contributed by atoms with Crippen molar-refractivity contribution in [2.45, 2.75) is 5.60 Å². The van der Waals surface area contributed by atoms with Gasteiger partial charge in [-0.3, -0.25) is 4.79 Å². The summed E-state index contributed by atoms with van der Waals surface area (Å²) in [6, 6.07) is 10.6. The minimum atomic E-state index is -1.76. The van der Waals surface area contributed by atoms with Gasteiger partial charge < -0.3 is 15.4 Å². The summed E-state index contributed by atoms with van der Waals surface area (Å²) < 4.78 is 0.870. The largest absolute Gasteiger partial charge is 0.372 e. The summed E-state index contributed by atoms with van der Waals surface area (Å²) >= 11 is 9.46. The van der Waals surface area contributed by atoms with Crippen LogP contribution in [0.1, 0.15) is 11.1 Å². The first-order valence-corrected chi connectivity index (χ1v) is 7.78. The van der Waals surface area contributed by atoms with Crippen molar-refractivity contribution in [1.29, 1.82) is 0 Å². The second kappa shape index (κ2) is 4.59. The summed E-state index contributed by atoms with van der Waals surface area (Å²) in [6.07, 6.45) is 1.66. The van der Waals surface area contributed by atoms with E-state index in [1.807, 2.05) is 18.2 Å². The number of carbonyl (C=O) groups is 1. The molecule has 0 saturated heterocycles. The van der Waals surface area contributed by atoms with Crippen molar-refractivity contribution in [3.8, 4) is 0 Å².